The number of nitrogens with zero attached hydrogens (tertiary/aromatic N) is 1. The topological polar surface area (TPSA) is 66.5 Å². The molecule has 2 atom stereocenters. The SMILES string of the molecule is O=C(c1cccc(S(=O)(=O)Nc2ccc(Br)cc2)c1)N1CCC2CCCCC21. The van der Waals surface area contributed by atoms with Gasteiger partial charge in [-0.1, -0.05) is 34.8 Å². The van der Waals surface area contributed by atoms with Crippen LogP contribution in [0, 0.1) is 5.92 Å². The summed E-state index contributed by atoms with van der Waals surface area (Å²) in [5.74, 6) is 0.541. The van der Waals surface area contributed by atoms with E-state index in [1.807, 2.05) is 4.90 Å². The summed E-state index contributed by atoms with van der Waals surface area (Å²) in [5.41, 5.74) is 0.912. The molecule has 2 aliphatic rings. The molecular weight excluding hydrogens is 440 g/mol. The first-order valence-corrected chi connectivity index (χ1v) is 11.9. The average Bonchev–Trinajstić information content (AvgIpc) is 3.13. The van der Waals surface area contributed by atoms with Crippen LogP contribution >= 0.6 is 15.9 Å². The zero-order valence-electron chi connectivity index (χ0n) is 15.5. The third kappa shape index (κ3) is 3.96. The fraction of sp³-hybridized carbons (Fsp3) is 0.381. The fourth-order valence-electron chi connectivity index (χ4n) is 4.35. The zero-order valence-corrected chi connectivity index (χ0v) is 17.9. The van der Waals surface area contributed by atoms with Gasteiger partial charge in [-0.05, 0) is 67.6 Å². The molecule has 1 N–H and O–H groups in total. The average molecular weight is 463 g/mol. The summed E-state index contributed by atoms with van der Waals surface area (Å²) in [6.45, 7) is 0.766. The van der Waals surface area contributed by atoms with E-state index in [-0.39, 0.29) is 10.8 Å². The number of nitrogens with one attached hydrogen (secondary N) is 1. The molecule has 0 spiro atoms. The van der Waals surface area contributed by atoms with Crippen molar-refractivity contribution in [2.24, 2.45) is 5.92 Å². The maximum atomic E-state index is 13.1. The first kappa shape index (κ1) is 19.5. The fourth-order valence-corrected chi connectivity index (χ4v) is 5.72. The summed E-state index contributed by atoms with van der Waals surface area (Å²) in [7, 11) is -3.77. The Bertz CT molecular complexity index is 975. The summed E-state index contributed by atoms with van der Waals surface area (Å²) in [5, 5.41) is 0. The molecule has 1 saturated heterocycles. The lowest BCUT2D eigenvalue weighted by Crippen LogP contribution is -2.39. The number of carbonyl (C=O) groups excluding carboxylic acids is 1. The van der Waals surface area contributed by atoms with E-state index in [4.69, 9.17) is 0 Å². The Kier molecular flexibility index (Phi) is 5.47. The van der Waals surface area contributed by atoms with E-state index in [9.17, 15) is 13.2 Å². The molecule has 0 bridgehead atoms. The summed E-state index contributed by atoms with van der Waals surface area (Å²) >= 11 is 3.33. The number of rotatable bonds is 4. The van der Waals surface area contributed by atoms with Gasteiger partial charge in [0.2, 0.25) is 0 Å². The van der Waals surface area contributed by atoms with Crippen molar-refractivity contribution in [3.63, 3.8) is 0 Å². The van der Waals surface area contributed by atoms with Gasteiger partial charge in [0, 0.05) is 28.3 Å². The standard InChI is InChI=1S/C21H23BrN2O3S/c22-17-8-10-18(11-9-17)23-28(26,27)19-6-3-5-16(14-19)21(25)24-13-12-15-4-1-2-7-20(15)24/h3,5-6,8-11,14-15,20,23H,1-2,4,7,12-13H2. The van der Waals surface area contributed by atoms with E-state index in [1.165, 1.54) is 25.0 Å². The van der Waals surface area contributed by atoms with Crippen LogP contribution in [-0.2, 0) is 10.0 Å². The lowest BCUT2D eigenvalue weighted by Gasteiger charge is -2.31. The maximum absolute atomic E-state index is 13.1. The number of halogens is 1. The number of benzene rings is 2. The second-order valence-corrected chi connectivity index (χ2v) is 10.1. The van der Waals surface area contributed by atoms with E-state index >= 15 is 0 Å². The number of hydrogen-bond donors (Lipinski definition) is 1. The lowest BCUT2D eigenvalue weighted by molar-refractivity contribution is 0.0690. The van der Waals surface area contributed by atoms with E-state index < -0.39 is 10.0 Å². The van der Waals surface area contributed by atoms with Gasteiger partial charge in [0.1, 0.15) is 0 Å². The summed E-state index contributed by atoms with van der Waals surface area (Å²) in [4.78, 5) is 15.1. The van der Waals surface area contributed by atoms with Crippen LogP contribution in [0.15, 0.2) is 57.9 Å². The molecule has 4 rings (SSSR count). The highest BCUT2D eigenvalue weighted by Gasteiger charge is 2.38. The van der Waals surface area contributed by atoms with E-state index in [0.717, 1.165) is 30.3 Å². The largest absolute Gasteiger partial charge is 0.335 e. The smallest absolute Gasteiger partial charge is 0.261 e. The van der Waals surface area contributed by atoms with Crippen LogP contribution < -0.4 is 4.72 Å². The van der Waals surface area contributed by atoms with Crippen molar-refractivity contribution in [3.8, 4) is 0 Å². The minimum Gasteiger partial charge on any atom is -0.335 e. The van der Waals surface area contributed by atoms with Crippen LogP contribution in [0.3, 0.4) is 0 Å². The van der Waals surface area contributed by atoms with Crippen molar-refractivity contribution in [1.29, 1.82) is 0 Å². The molecule has 1 heterocycles. The Morgan fingerprint density at radius 2 is 1.79 bits per heavy atom. The van der Waals surface area contributed by atoms with E-state index in [1.54, 1.807) is 36.4 Å². The molecule has 0 radical (unpaired) electrons. The highest BCUT2D eigenvalue weighted by atomic mass is 79.9. The lowest BCUT2D eigenvalue weighted by atomic mass is 9.85. The van der Waals surface area contributed by atoms with Gasteiger partial charge in [-0.15, -0.1) is 0 Å². The van der Waals surface area contributed by atoms with Crippen molar-refractivity contribution < 1.29 is 13.2 Å². The van der Waals surface area contributed by atoms with Gasteiger partial charge >= 0.3 is 0 Å². The highest BCUT2D eigenvalue weighted by Crippen LogP contribution is 2.37. The molecular formula is C21H23BrN2O3S. The Morgan fingerprint density at radius 1 is 1.04 bits per heavy atom. The third-order valence-electron chi connectivity index (χ3n) is 5.76. The van der Waals surface area contributed by atoms with Gasteiger partial charge in [0.15, 0.2) is 0 Å². The second-order valence-electron chi connectivity index (χ2n) is 7.54. The molecule has 1 aliphatic heterocycles. The molecule has 1 saturated carbocycles. The molecule has 2 unspecified atom stereocenters. The Labute approximate surface area is 174 Å². The van der Waals surface area contributed by atoms with Gasteiger partial charge in [0.25, 0.3) is 15.9 Å². The predicted molar refractivity (Wildman–Crippen MR) is 113 cm³/mol. The predicted octanol–water partition coefficient (Wildman–Crippen LogP) is 4.65. The quantitative estimate of drug-likeness (QED) is 0.718. The van der Waals surface area contributed by atoms with Crippen LogP contribution in [0.2, 0.25) is 0 Å². The minimum atomic E-state index is -3.77. The number of amides is 1. The van der Waals surface area contributed by atoms with E-state index in [0.29, 0.717) is 23.2 Å². The van der Waals surface area contributed by atoms with E-state index in [2.05, 4.69) is 20.7 Å². The van der Waals surface area contributed by atoms with Crippen molar-refractivity contribution in [2.45, 2.75) is 43.0 Å². The van der Waals surface area contributed by atoms with Crippen LogP contribution in [0.25, 0.3) is 0 Å². The molecule has 0 aromatic heterocycles. The van der Waals surface area contributed by atoms with Crippen molar-refractivity contribution in [3.05, 3.63) is 58.6 Å². The summed E-state index contributed by atoms with van der Waals surface area (Å²) in [6.07, 6.45) is 5.72. The molecule has 1 aliphatic carbocycles. The monoisotopic (exact) mass is 462 g/mol. The Hall–Kier alpha value is -1.86. The first-order chi connectivity index (χ1) is 13.4. The van der Waals surface area contributed by atoms with Crippen molar-refractivity contribution in [1.82, 2.24) is 4.90 Å². The van der Waals surface area contributed by atoms with Crippen molar-refractivity contribution >= 4 is 37.5 Å². The molecule has 2 aromatic carbocycles. The van der Waals surface area contributed by atoms with Gasteiger partial charge in [-0.25, -0.2) is 8.42 Å². The molecule has 2 aromatic rings. The number of hydrogen-bond acceptors (Lipinski definition) is 3. The molecule has 2 fully saturated rings. The molecule has 1 amide bonds. The molecule has 28 heavy (non-hydrogen) atoms. The normalized spacial score (nSPS) is 22.0. The Morgan fingerprint density at radius 3 is 2.57 bits per heavy atom. The van der Waals surface area contributed by atoms with Gasteiger partial charge < -0.3 is 4.90 Å². The number of sulfonamides is 1. The van der Waals surface area contributed by atoms with Gasteiger partial charge in [0.05, 0.1) is 4.90 Å². The first-order valence-electron chi connectivity index (χ1n) is 9.63. The van der Waals surface area contributed by atoms with Crippen LogP contribution in [0.4, 0.5) is 5.69 Å². The molecule has 5 nitrogen and oxygen atoms in total. The molecule has 148 valence electrons. The van der Waals surface area contributed by atoms with Crippen LogP contribution in [-0.4, -0.2) is 31.8 Å². The van der Waals surface area contributed by atoms with Crippen molar-refractivity contribution in [2.75, 3.05) is 11.3 Å². The summed E-state index contributed by atoms with van der Waals surface area (Å²) in [6, 6.07) is 13.6. The van der Waals surface area contributed by atoms with Gasteiger partial charge in [-0.3, -0.25) is 9.52 Å². The zero-order chi connectivity index (χ0) is 19.7. The Balaban J connectivity index is 1.55. The third-order valence-corrected chi connectivity index (χ3v) is 7.67. The summed E-state index contributed by atoms with van der Waals surface area (Å²) < 4.78 is 29.0. The maximum Gasteiger partial charge on any atom is 0.261 e. The number of fused-ring (bicyclic) bond motifs is 1. The minimum absolute atomic E-state index is 0.0601. The number of carbonyl (C=O) groups is 1. The number of anilines is 1. The highest BCUT2D eigenvalue weighted by molar-refractivity contribution is 9.10. The second kappa shape index (κ2) is 7.87. The molecule has 7 heteroatoms. The van der Waals surface area contributed by atoms with Crippen LogP contribution in [0.1, 0.15) is 42.5 Å². The van der Waals surface area contributed by atoms with Gasteiger partial charge in [-0.2, -0.15) is 0 Å². The van der Waals surface area contributed by atoms with Crippen LogP contribution in [0.5, 0.6) is 0 Å². The number of likely N-dealkylation sites (tertiary alicyclic amines) is 1.